The average molecular weight is 563 g/mol. The number of allylic oxidation sites excluding steroid dienone is 1. The summed E-state index contributed by atoms with van der Waals surface area (Å²) in [6, 6.07) is 5.40. The third-order valence-corrected chi connectivity index (χ3v) is 8.26. The number of likely N-dealkylation sites (tertiary alicyclic amines) is 1. The Kier molecular flexibility index (Phi) is 7.91. The molecule has 10 heteroatoms. The molecule has 1 saturated carbocycles. The van der Waals surface area contributed by atoms with Crippen LogP contribution in [0.2, 0.25) is 0 Å². The summed E-state index contributed by atoms with van der Waals surface area (Å²) in [6.07, 6.45) is 8.70. The fourth-order valence-electron chi connectivity index (χ4n) is 5.89. The molecule has 2 aliphatic heterocycles. The maximum atomic E-state index is 13.0. The molecule has 6 rings (SSSR count). The van der Waals surface area contributed by atoms with Crippen LogP contribution in [0.5, 0.6) is 5.75 Å². The zero-order valence-electron chi connectivity index (χ0n) is 24.0. The van der Waals surface area contributed by atoms with Gasteiger partial charge in [0.25, 0.3) is 5.91 Å². The Bertz CT molecular complexity index is 1490. The maximum absolute atomic E-state index is 13.0. The summed E-state index contributed by atoms with van der Waals surface area (Å²) in [5, 5.41) is 20.6. The Hall–Kier alpha value is -3.73. The number of likely N-dealkylation sites (N-methyl/N-ethyl adjacent to an activating group) is 1. The topological polar surface area (TPSA) is 141 Å². The van der Waals surface area contributed by atoms with Gasteiger partial charge in [0, 0.05) is 54.6 Å². The molecule has 1 amide bonds. The van der Waals surface area contributed by atoms with E-state index in [4.69, 9.17) is 19.3 Å². The molecule has 0 bridgehead atoms. The number of aromatic nitrogens is 1. The fourth-order valence-corrected chi connectivity index (χ4v) is 5.89. The highest BCUT2D eigenvalue weighted by Gasteiger charge is 2.50. The van der Waals surface area contributed by atoms with Crippen LogP contribution in [0.4, 0.5) is 0 Å². The van der Waals surface area contributed by atoms with E-state index in [9.17, 15) is 14.7 Å². The zero-order chi connectivity index (χ0) is 29.4. The van der Waals surface area contributed by atoms with Gasteiger partial charge in [0.15, 0.2) is 12.0 Å². The molecule has 1 aromatic carbocycles. The predicted octanol–water partition coefficient (Wildman–Crippen LogP) is 4.38. The van der Waals surface area contributed by atoms with Crippen LogP contribution in [-0.2, 0) is 4.74 Å². The van der Waals surface area contributed by atoms with E-state index >= 15 is 0 Å². The van der Waals surface area contributed by atoms with Gasteiger partial charge in [-0.1, -0.05) is 0 Å². The highest BCUT2D eigenvalue weighted by Crippen LogP contribution is 2.45. The SMILES string of the molecule is CN1CCC(C)(O)C1.Cc1oc2cc(O/C(=C/C=N)c3[nH]cc(C=O)c3C)ccc2c1C(=O)NC1CC2(CCO2)C1. The monoisotopic (exact) mass is 562 g/mol. The number of rotatable bonds is 7. The van der Waals surface area contributed by atoms with Crippen molar-refractivity contribution in [1.82, 2.24) is 15.2 Å². The molecule has 1 atom stereocenters. The van der Waals surface area contributed by atoms with Crippen molar-refractivity contribution in [3.05, 3.63) is 58.6 Å². The number of carbonyl (C=O) groups excluding carboxylic acids is 2. The molecule has 0 radical (unpaired) electrons. The molecule has 1 spiro atoms. The van der Waals surface area contributed by atoms with Crippen LogP contribution in [0.25, 0.3) is 16.7 Å². The van der Waals surface area contributed by atoms with E-state index in [-0.39, 0.29) is 17.6 Å². The van der Waals surface area contributed by atoms with Crippen molar-refractivity contribution >= 4 is 35.1 Å². The van der Waals surface area contributed by atoms with Crippen LogP contribution in [0.1, 0.15) is 70.3 Å². The van der Waals surface area contributed by atoms with Crippen molar-refractivity contribution in [3.63, 3.8) is 0 Å². The molecule has 218 valence electrons. The zero-order valence-corrected chi connectivity index (χ0v) is 24.0. The molecule has 2 aromatic heterocycles. The maximum Gasteiger partial charge on any atom is 0.255 e. The van der Waals surface area contributed by atoms with Crippen molar-refractivity contribution in [2.24, 2.45) is 0 Å². The molecule has 3 fully saturated rings. The lowest BCUT2D eigenvalue weighted by Crippen LogP contribution is -2.61. The first-order valence-corrected chi connectivity index (χ1v) is 13.9. The van der Waals surface area contributed by atoms with Crippen molar-refractivity contribution in [2.75, 3.05) is 26.7 Å². The van der Waals surface area contributed by atoms with E-state index in [1.807, 2.05) is 20.9 Å². The lowest BCUT2D eigenvalue weighted by Gasteiger charge is -2.53. The molecular formula is C31H38N4O6. The van der Waals surface area contributed by atoms with Gasteiger partial charge in [-0.3, -0.25) is 9.59 Å². The summed E-state index contributed by atoms with van der Waals surface area (Å²) in [5.41, 5.74) is 2.53. The van der Waals surface area contributed by atoms with Gasteiger partial charge in [0.2, 0.25) is 0 Å². The predicted molar refractivity (Wildman–Crippen MR) is 156 cm³/mol. The highest BCUT2D eigenvalue weighted by molar-refractivity contribution is 6.07. The second-order valence-corrected chi connectivity index (χ2v) is 11.7. The lowest BCUT2D eigenvalue weighted by atomic mass is 9.71. The number of hydrogen-bond donors (Lipinski definition) is 4. The van der Waals surface area contributed by atoms with Gasteiger partial charge in [0.05, 0.1) is 29.1 Å². The van der Waals surface area contributed by atoms with Gasteiger partial charge in [-0.25, -0.2) is 0 Å². The Balaban J connectivity index is 0.000000365. The molecular weight excluding hydrogens is 524 g/mol. The molecule has 4 N–H and O–H groups in total. The first-order valence-electron chi connectivity index (χ1n) is 13.9. The largest absolute Gasteiger partial charge is 0.460 e. The Labute approximate surface area is 239 Å². The van der Waals surface area contributed by atoms with E-state index in [1.54, 1.807) is 31.3 Å². The van der Waals surface area contributed by atoms with Crippen molar-refractivity contribution in [3.8, 4) is 5.75 Å². The minimum atomic E-state index is -0.408. The average Bonchev–Trinajstić information content (AvgIpc) is 3.51. The molecule has 10 nitrogen and oxygen atoms in total. The third-order valence-electron chi connectivity index (χ3n) is 8.26. The highest BCUT2D eigenvalue weighted by atomic mass is 16.5. The Morgan fingerprint density at radius 3 is 2.59 bits per heavy atom. The summed E-state index contributed by atoms with van der Waals surface area (Å²) >= 11 is 0. The molecule has 3 aliphatic rings. The second-order valence-electron chi connectivity index (χ2n) is 11.7. The van der Waals surface area contributed by atoms with Crippen LogP contribution in [0.15, 0.2) is 34.9 Å². The van der Waals surface area contributed by atoms with Crippen LogP contribution in [0, 0.1) is 19.3 Å². The standard InChI is InChI=1S/C25H25N3O5.C6H13NO/c1-14-16(13-29)12-27-23(14)20(5-7-26)33-18-3-4-19-21(9-18)32-15(2)22(19)24(30)28-17-10-25(11-17)6-8-31-25;1-6(8)3-4-7(2)5-6/h3-5,7,9,12-13,17,26-27H,6,8,10-11H2,1-2H3,(H,28,30);8H,3-5H2,1-2H3/b20-5+,26-7?;. The minimum Gasteiger partial charge on any atom is -0.460 e. The first-order chi connectivity index (χ1) is 19.5. The van der Waals surface area contributed by atoms with Crippen molar-refractivity contribution in [1.29, 1.82) is 5.41 Å². The molecule has 41 heavy (non-hydrogen) atoms. The van der Waals surface area contributed by atoms with Crippen LogP contribution in [0.3, 0.4) is 0 Å². The summed E-state index contributed by atoms with van der Waals surface area (Å²) in [5.74, 6) is 1.28. The number of amides is 1. The number of aliphatic hydroxyl groups is 1. The molecule has 1 aliphatic carbocycles. The van der Waals surface area contributed by atoms with E-state index in [1.165, 1.54) is 6.08 Å². The number of H-pyrrole nitrogens is 1. The smallest absolute Gasteiger partial charge is 0.255 e. The second kappa shape index (κ2) is 11.3. The van der Waals surface area contributed by atoms with Crippen LogP contribution in [-0.4, -0.2) is 77.4 Å². The summed E-state index contributed by atoms with van der Waals surface area (Å²) in [6.45, 7) is 8.14. The number of nitrogens with zero attached hydrogens (tertiary/aromatic N) is 1. The molecule has 4 heterocycles. The van der Waals surface area contributed by atoms with Gasteiger partial charge >= 0.3 is 0 Å². The number of carbonyl (C=O) groups is 2. The third kappa shape index (κ3) is 6.00. The van der Waals surface area contributed by atoms with Crippen LogP contribution < -0.4 is 10.1 Å². The molecule has 1 unspecified atom stereocenters. The van der Waals surface area contributed by atoms with Gasteiger partial charge < -0.3 is 39.6 Å². The van der Waals surface area contributed by atoms with Crippen molar-refractivity contribution in [2.45, 2.75) is 63.7 Å². The normalized spacial score (nSPS) is 25.7. The number of furan rings is 1. The number of aryl methyl sites for hydroxylation is 1. The lowest BCUT2D eigenvalue weighted by molar-refractivity contribution is -0.200. The number of aldehydes is 1. The number of ether oxygens (including phenoxy) is 2. The van der Waals surface area contributed by atoms with E-state index in [0.29, 0.717) is 45.1 Å². The Morgan fingerprint density at radius 1 is 1.29 bits per heavy atom. The van der Waals surface area contributed by atoms with Gasteiger partial charge in [-0.15, -0.1) is 0 Å². The van der Waals surface area contributed by atoms with Crippen LogP contribution >= 0.6 is 0 Å². The summed E-state index contributed by atoms with van der Waals surface area (Å²) in [7, 11) is 2.03. The van der Waals surface area contributed by atoms with Crippen molar-refractivity contribution < 1.29 is 28.6 Å². The van der Waals surface area contributed by atoms with Gasteiger partial charge in [-0.2, -0.15) is 0 Å². The number of aromatic amines is 1. The number of benzene rings is 1. The van der Waals surface area contributed by atoms with E-state index in [2.05, 4.69) is 15.2 Å². The van der Waals surface area contributed by atoms with Gasteiger partial charge in [0.1, 0.15) is 17.1 Å². The number of hydrogen-bond acceptors (Lipinski definition) is 8. The molecule has 2 saturated heterocycles. The first kappa shape index (κ1) is 28.8. The minimum absolute atomic E-state index is 0.00335. The van der Waals surface area contributed by atoms with E-state index in [0.717, 1.165) is 63.4 Å². The van der Waals surface area contributed by atoms with E-state index < -0.39 is 5.60 Å². The summed E-state index contributed by atoms with van der Waals surface area (Å²) in [4.78, 5) is 29.3. The number of nitrogens with one attached hydrogen (secondary N) is 3. The molecule has 3 aromatic rings. The number of fused-ring (bicyclic) bond motifs is 1. The number of β-amino-alcohol motifs (C(OH)–C–C–N with tert-alkyl or cyclic N) is 1. The quantitative estimate of drug-likeness (QED) is 0.190. The van der Waals surface area contributed by atoms with Gasteiger partial charge in [-0.05, 0) is 71.2 Å². The summed E-state index contributed by atoms with van der Waals surface area (Å²) < 4.78 is 17.5. The Morgan fingerprint density at radius 2 is 2.05 bits per heavy atom. The fraction of sp³-hybridized carbons (Fsp3) is 0.452.